The zero-order valence-corrected chi connectivity index (χ0v) is 12.6. The van der Waals surface area contributed by atoms with Gasteiger partial charge in [-0.25, -0.2) is 0 Å². The summed E-state index contributed by atoms with van der Waals surface area (Å²) >= 11 is 0. The van der Waals surface area contributed by atoms with E-state index in [-0.39, 0.29) is 18.2 Å². The standard InChI is InChI=1S/C15H13N5O4/c1-9-6-11(3-5-14(9)20(22)23)24-8-15(21)16-10-2-4-12-13(7-10)18-19-17-12/h2-7H,8H2,1H3,(H,16,21)(H,17,18,19). The number of aryl methyl sites for hydroxylation is 1. The van der Waals surface area contributed by atoms with Gasteiger partial charge in [0, 0.05) is 17.3 Å². The van der Waals surface area contributed by atoms with E-state index in [1.165, 1.54) is 18.2 Å². The number of hydrogen-bond donors (Lipinski definition) is 2. The van der Waals surface area contributed by atoms with Crippen LogP contribution in [0.15, 0.2) is 36.4 Å². The summed E-state index contributed by atoms with van der Waals surface area (Å²) in [5.41, 5.74) is 2.39. The van der Waals surface area contributed by atoms with E-state index in [2.05, 4.69) is 20.7 Å². The van der Waals surface area contributed by atoms with Gasteiger partial charge >= 0.3 is 0 Å². The number of anilines is 1. The molecule has 0 saturated carbocycles. The minimum absolute atomic E-state index is 0.00714. The zero-order chi connectivity index (χ0) is 17.1. The Bertz CT molecular complexity index is 921. The first kappa shape index (κ1) is 15.4. The number of H-pyrrole nitrogens is 1. The van der Waals surface area contributed by atoms with E-state index >= 15 is 0 Å². The highest BCUT2D eigenvalue weighted by Crippen LogP contribution is 2.23. The highest BCUT2D eigenvalue weighted by Gasteiger charge is 2.11. The van der Waals surface area contributed by atoms with Gasteiger partial charge in [0.15, 0.2) is 6.61 Å². The first-order chi connectivity index (χ1) is 11.5. The van der Waals surface area contributed by atoms with Gasteiger partial charge in [-0.2, -0.15) is 15.4 Å². The molecule has 0 aliphatic rings. The summed E-state index contributed by atoms with van der Waals surface area (Å²) in [6.07, 6.45) is 0. The number of aromatic nitrogens is 3. The van der Waals surface area contributed by atoms with Crippen molar-refractivity contribution in [1.29, 1.82) is 0 Å². The van der Waals surface area contributed by atoms with Crippen LogP contribution in [0.3, 0.4) is 0 Å². The Morgan fingerprint density at radius 2 is 2.04 bits per heavy atom. The Morgan fingerprint density at radius 3 is 2.79 bits per heavy atom. The van der Waals surface area contributed by atoms with Crippen LogP contribution in [0.1, 0.15) is 5.56 Å². The van der Waals surface area contributed by atoms with Crippen molar-refractivity contribution in [1.82, 2.24) is 15.4 Å². The lowest BCUT2D eigenvalue weighted by Gasteiger charge is -2.08. The second-order valence-corrected chi connectivity index (χ2v) is 5.07. The SMILES string of the molecule is Cc1cc(OCC(=O)Nc2ccc3n[nH]nc3c2)ccc1[N+](=O)[O-]. The zero-order valence-electron chi connectivity index (χ0n) is 12.6. The third-order valence-corrected chi connectivity index (χ3v) is 3.33. The number of nitrogens with one attached hydrogen (secondary N) is 2. The maximum absolute atomic E-state index is 11.9. The summed E-state index contributed by atoms with van der Waals surface area (Å²) in [6, 6.07) is 9.45. The van der Waals surface area contributed by atoms with Gasteiger partial charge in [0.1, 0.15) is 16.8 Å². The van der Waals surface area contributed by atoms with Crippen molar-refractivity contribution < 1.29 is 14.5 Å². The quantitative estimate of drug-likeness (QED) is 0.547. The van der Waals surface area contributed by atoms with Crippen molar-refractivity contribution in [2.24, 2.45) is 0 Å². The Hall–Kier alpha value is -3.49. The minimum Gasteiger partial charge on any atom is -0.484 e. The van der Waals surface area contributed by atoms with E-state index in [9.17, 15) is 14.9 Å². The summed E-state index contributed by atoms with van der Waals surface area (Å²) in [5, 5.41) is 23.8. The Balaban J connectivity index is 1.61. The molecule has 0 aliphatic heterocycles. The predicted molar refractivity (Wildman–Crippen MR) is 85.8 cm³/mol. The molecule has 1 aromatic heterocycles. The second kappa shape index (κ2) is 6.32. The van der Waals surface area contributed by atoms with Crippen LogP contribution in [0.25, 0.3) is 11.0 Å². The first-order valence-corrected chi connectivity index (χ1v) is 7.01. The van der Waals surface area contributed by atoms with Gasteiger partial charge in [-0.1, -0.05) is 0 Å². The van der Waals surface area contributed by atoms with Crippen LogP contribution in [0.5, 0.6) is 5.75 Å². The number of rotatable bonds is 5. The number of benzene rings is 2. The summed E-state index contributed by atoms with van der Waals surface area (Å²) in [4.78, 5) is 22.2. The number of fused-ring (bicyclic) bond motifs is 1. The molecule has 9 nitrogen and oxygen atoms in total. The number of ether oxygens (including phenoxy) is 1. The van der Waals surface area contributed by atoms with Gasteiger partial charge in [-0.3, -0.25) is 14.9 Å². The molecular weight excluding hydrogens is 314 g/mol. The van der Waals surface area contributed by atoms with Crippen molar-refractivity contribution in [3.63, 3.8) is 0 Å². The molecule has 2 aromatic carbocycles. The number of nitrogens with zero attached hydrogens (tertiary/aromatic N) is 3. The number of hydrogen-bond acceptors (Lipinski definition) is 6. The van der Waals surface area contributed by atoms with Crippen molar-refractivity contribution in [2.45, 2.75) is 6.92 Å². The molecule has 122 valence electrons. The van der Waals surface area contributed by atoms with E-state index in [0.717, 1.165) is 0 Å². The molecule has 2 N–H and O–H groups in total. The fourth-order valence-electron chi connectivity index (χ4n) is 2.19. The summed E-state index contributed by atoms with van der Waals surface area (Å²) in [5.74, 6) is 0.0362. The van der Waals surface area contributed by atoms with Gasteiger partial charge in [-0.15, -0.1) is 0 Å². The summed E-state index contributed by atoms with van der Waals surface area (Å²) in [7, 11) is 0. The molecule has 24 heavy (non-hydrogen) atoms. The maximum atomic E-state index is 11.9. The van der Waals surface area contributed by atoms with Gasteiger partial charge in [0.05, 0.1) is 4.92 Å². The van der Waals surface area contributed by atoms with Crippen molar-refractivity contribution in [3.8, 4) is 5.75 Å². The molecule has 9 heteroatoms. The average molecular weight is 327 g/mol. The average Bonchev–Trinajstić information content (AvgIpc) is 3.00. The molecule has 3 rings (SSSR count). The number of aromatic amines is 1. The van der Waals surface area contributed by atoms with Crippen LogP contribution in [0.4, 0.5) is 11.4 Å². The highest BCUT2D eigenvalue weighted by atomic mass is 16.6. The maximum Gasteiger partial charge on any atom is 0.272 e. The Kier molecular flexibility index (Phi) is 4.06. The molecule has 3 aromatic rings. The Labute approximate surface area is 135 Å². The van der Waals surface area contributed by atoms with Crippen LogP contribution < -0.4 is 10.1 Å². The molecule has 0 unspecified atom stereocenters. The fourth-order valence-corrected chi connectivity index (χ4v) is 2.19. The van der Waals surface area contributed by atoms with Crippen LogP contribution in [-0.4, -0.2) is 32.8 Å². The molecule has 0 aliphatic carbocycles. The molecule has 0 bridgehead atoms. The number of nitro benzene ring substituents is 1. The highest BCUT2D eigenvalue weighted by molar-refractivity contribution is 5.93. The lowest BCUT2D eigenvalue weighted by molar-refractivity contribution is -0.385. The first-order valence-electron chi connectivity index (χ1n) is 7.01. The van der Waals surface area contributed by atoms with Crippen molar-refractivity contribution in [3.05, 3.63) is 52.1 Å². The van der Waals surface area contributed by atoms with Crippen LogP contribution in [-0.2, 0) is 4.79 Å². The van der Waals surface area contributed by atoms with Crippen LogP contribution >= 0.6 is 0 Å². The largest absolute Gasteiger partial charge is 0.484 e. The molecule has 0 fully saturated rings. The van der Waals surface area contributed by atoms with E-state index in [4.69, 9.17) is 4.74 Å². The van der Waals surface area contributed by atoms with Gasteiger partial charge in [0.2, 0.25) is 0 Å². The molecule has 0 atom stereocenters. The van der Waals surface area contributed by atoms with Crippen molar-refractivity contribution in [2.75, 3.05) is 11.9 Å². The monoisotopic (exact) mass is 327 g/mol. The second-order valence-electron chi connectivity index (χ2n) is 5.07. The third-order valence-electron chi connectivity index (χ3n) is 3.33. The van der Waals surface area contributed by atoms with Gasteiger partial charge in [-0.05, 0) is 37.3 Å². The molecule has 1 heterocycles. The van der Waals surface area contributed by atoms with Gasteiger partial charge < -0.3 is 10.1 Å². The lowest BCUT2D eigenvalue weighted by atomic mass is 10.2. The van der Waals surface area contributed by atoms with E-state index in [1.54, 1.807) is 25.1 Å². The topological polar surface area (TPSA) is 123 Å². The van der Waals surface area contributed by atoms with E-state index in [0.29, 0.717) is 28.0 Å². The van der Waals surface area contributed by atoms with E-state index < -0.39 is 4.92 Å². The van der Waals surface area contributed by atoms with Gasteiger partial charge in [0.25, 0.3) is 11.6 Å². The minimum atomic E-state index is -0.466. The predicted octanol–water partition coefficient (Wildman–Crippen LogP) is 2.19. The molecule has 0 saturated heterocycles. The van der Waals surface area contributed by atoms with Crippen LogP contribution in [0, 0.1) is 17.0 Å². The third kappa shape index (κ3) is 3.29. The molecule has 0 spiro atoms. The summed E-state index contributed by atoms with van der Waals surface area (Å²) in [6.45, 7) is 1.40. The number of amides is 1. The normalized spacial score (nSPS) is 10.5. The number of carbonyl (C=O) groups excluding carboxylic acids is 1. The van der Waals surface area contributed by atoms with Crippen LogP contribution in [0.2, 0.25) is 0 Å². The van der Waals surface area contributed by atoms with E-state index in [1.807, 2.05) is 0 Å². The molecule has 1 amide bonds. The molecule has 0 radical (unpaired) electrons. The number of carbonyl (C=O) groups is 1. The fraction of sp³-hybridized carbons (Fsp3) is 0.133. The lowest BCUT2D eigenvalue weighted by Crippen LogP contribution is -2.20. The smallest absolute Gasteiger partial charge is 0.272 e. The Morgan fingerprint density at radius 1 is 1.25 bits per heavy atom. The number of nitro groups is 1. The summed E-state index contributed by atoms with van der Waals surface area (Å²) < 4.78 is 5.36. The van der Waals surface area contributed by atoms with Crippen molar-refractivity contribution >= 4 is 28.3 Å². The molecular formula is C15H13N5O4.